The minimum Gasteiger partial charge on any atom is -0.374 e. The van der Waals surface area contributed by atoms with Crippen LogP contribution in [0.2, 0.25) is 0 Å². The van der Waals surface area contributed by atoms with E-state index in [9.17, 15) is 0 Å². The quantitative estimate of drug-likeness (QED) is 0.293. The Morgan fingerprint density at radius 3 is 2.17 bits per heavy atom. The SMILES string of the molecule is CN(C)c1nc(NC2CCC(NC[C@@H](COCc3ccccc3)OCc3ccccc3)CC2)nc2c1CCCC2. The average molecular weight is 544 g/mol. The lowest BCUT2D eigenvalue weighted by molar-refractivity contribution is -0.0299. The fraction of sp³-hybridized carbons (Fsp3) is 0.515. The molecular formula is C33H45N5O2. The molecule has 3 aromatic rings. The summed E-state index contributed by atoms with van der Waals surface area (Å²) in [6, 6.07) is 21.6. The van der Waals surface area contributed by atoms with E-state index in [1.54, 1.807) is 0 Å². The molecule has 5 rings (SSSR count). The second kappa shape index (κ2) is 14.6. The third-order valence-electron chi connectivity index (χ3n) is 8.02. The van der Waals surface area contributed by atoms with Gasteiger partial charge in [-0.05, 0) is 62.5 Å². The van der Waals surface area contributed by atoms with Gasteiger partial charge in [-0.2, -0.15) is 4.98 Å². The van der Waals surface area contributed by atoms with Crippen LogP contribution in [0.15, 0.2) is 60.7 Å². The first kappa shape index (κ1) is 28.5. The molecule has 214 valence electrons. The first-order chi connectivity index (χ1) is 19.6. The number of hydrogen-bond donors (Lipinski definition) is 2. The molecule has 0 saturated heterocycles. The Bertz CT molecular complexity index is 1170. The van der Waals surface area contributed by atoms with Gasteiger partial charge in [0.25, 0.3) is 0 Å². The highest BCUT2D eigenvalue weighted by Crippen LogP contribution is 2.29. The van der Waals surface area contributed by atoms with Gasteiger partial charge in [0.05, 0.1) is 31.6 Å². The van der Waals surface area contributed by atoms with Gasteiger partial charge in [0.2, 0.25) is 5.95 Å². The predicted octanol–water partition coefficient (Wildman–Crippen LogP) is 5.54. The molecule has 0 unspecified atom stereocenters. The van der Waals surface area contributed by atoms with E-state index in [1.807, 2.05) is 24.3 Å². The van der Waals surface area contributed by atoms with Gasteiger partial charge in [-0.15, -0.1) is 0 Å². The molecule has 1 aromatic heterocycles. The van der Waals surface area contributed by atoms with Crippen LogP contribution in [0.3, 0.4) is 0 Å². The zero-order valence-electron chi connectivity index (χ0n) is 24.1. The van der Waals surface area contributed by atoms with Crippen LogP contribution in [-0.4, -0.2) is 55.4 Å². The molecule has 0 amide bonds. The smallest absolute Gasteiger partial charge is 0.225 e. The minimum atomic E-state index is -0.00637. The molecule has 7 nitrogen and oxygen atoms in total. The lowest BCUT2D eigenvalue weighted by Crippen LogP contribution is -2.42. The van der Waals surface area contributed by atoms with Crippen molar-refractivity contribution in [3.05, 3.63) is 83.0 Å². The van der Waals surface area contributed by atoms with Crippen LogP contribution in [0.5, 0.6) is 0 Å². The van der Waals surface area contributed by atoms with Crippen LogP contribution in [-0.2, 0) is 35.5 Å². The largest absolute Gasteiger partial charge is 0.374 e. The molecule has 1 atom stereocenters. The van der Waals surface area contributed by atoms with Gasteiger partial charge in [-0.1, -0.05) is 60.7 Å². The molecular weight excluding hydrogens is 498 g/mol. The van der Waals surface area contributed by atoms with E-state index in [0.29, 0.717) is 31.9 Å². The highest BCUT2D eigenvalue weighted by molar-refractivity contribution is 5.52. The van der Waals surface area contributed by atoms with Crippen molar-refractivity contribution in [3.8, 4) is 0 Å². The molecule has 2 aliphatic carbocycles. The number of hydrogen-bond acceptors (Lipinski definition) is 7. The van der Waals surface area contributed by atoms with Crippen LogP contribution in [0.25, 0.3) is 0 Å². The predicted molar refractivity (Wildman–Crippen MR) is 162 cm³/mol. The van der Waals surface area contributed by atoms with Crippen molar-refractivity contribution in [2.24, 2.45) is 0 Å². The monoisotopic (exact) mass is 543 g/mol. The molecule has 0 radical (unpaired) electrons. The number of aryl methyl sites for hydroxylation is 1. The van der Waals surface area contributed by atoms with E-state index < -0.39 is 0 Å². The Morgan fingerprint density at radius 2 is 1.48 bits per heavy atom. The molecule has 0 bridgehead atoms. The van der Waals surface area contributed by atoms with Crippen molar-refractivity contribution in [2.75, 3.05) is 37.5 Å². The Hall–Kier alpha value is -3.00. The minimum absolute atomic E-state index is 0.00637. The van der Waals surface area contributed by atoms with E-state index in [2.05, 4.69) is 66.0 Å². The van der Waals surface area contributed by atoms with E-state index in [1.165, 1.54) is 35.2 Å². The van der Waals surface area contributed by atoms with Crippen LogP contribution >= 0.6 is 0 Å². The summed E-state index contributed by atoms with van der Waals surface area (Å²) >= 11 is 0. The number of anilines is 2. The second-order valence-corrected chi connectivity index (χ2v) is 11.4. The Labute approximate surface area is 239 Å². The van der Waals surface area contributed by atoms with E-state index in [4.69, 9.17) is 19.4 Å². The molecule has 40 heavy (non-hydrogen) atoms. The number of nitrogens with zero attached hydrogens (tertiary/aromatic N) is 3. The van der Waals surface area contributed by atoms with Crippen LogP contribution in [0, 0.1) is 0 Å². The topological polar surface area (TPSA) is 71.5 Å². The van der Waals surface area contributed by atoms with Crippen molar-refractivity contribution in [1.82, 2.24) is 15.3 Å². The van der Waals surface area contributed by atoms with Crippen LogP contribution in [0.4, 0.5) is 11.8 Å². The summed E-state index contributed by atoms with van der Waals surface area (Å²) in [5.74, 6) is 1.88. The zero-order chi connectivity index (χ0) is 27.6. The summed E-state index contributed by atoms with van der Waals surface area (Å²) in [6.45, 7) is 2.54. The summed E-state index contributed by atoms with van der Waals surface area (Å²) in [5.41, 5.74) is 4.94. The van der Waals surface area contributed by atoms with Crippen molar-refractivity contribution in [2.45, 2.75) is 82.8 Å². The first-order valence-electron chi connectivity index (χ1n) is 15.0. The standard InChI is InChI=1S/C33H45N5O2/c1-38(2)32-30-15-9-10-16-31(30)36-33(37-32)35-28-19-17-27(18-20-28)34-21-29(40-23-26-13-7-4-8-14-26)24-39-22-25-11-5-3-6-12-25/h3-8,11-14,27-29,34H,9-10,15-24H2,1-2H3,(H,35,36,37)/t27?,28?,29-/m0/s1. The summed E-state index contributed by atoms with van der Waals surface area (Å²) in [4.78, 5) is 12.0. The summed E-state index contributed by atoms with van der Waals surface area (Å²) in [5, 5.41) is 7.46. The van der Waals surface area contributed by atoms with Gasteiger partial charge in [-0.25, -0.2) is 4.98 Å². The lowest BCUT2D eigenvalue weighted by atomic mass is 9.91. The number of fused-ring (bicyclic) bond motifs is 1. The number of aromatic nitrogens is 2. The number of nitrogens with one attached hydrogen (secondary N) is 2. The molecule has 1 saturated carbocycles. The molecule has 1 heterocycles. The average Bonchev–Trinajstić information content (AvgIpc) is 2.99. The molecule has 7 heteroatoms. The molecule has 2 N–H and O–H groups in total. The number of ether oxygens (including phenoxy) is 2. The Morgan fingerprint density at radius 1 is 0.825 bits per heavy atom. The van der Waals surface area contributed by atoms with Gasteiger partial charge in [0.15, 0.2) is 0 Å². The molecule has 2 aromatic carbocycles. The van der Waals surface area contributed by atoms with Gasteiger partial charge in [0.1, 0.15) is 5.82 Å². The first-order valence-corrected chi connectivity index (χ1v) is 15.0. The summed E-state index contributed by atoms with van der Waals surface area (Å²) in [6.07, 6.45) is 9.07. The van der Waals surface area contributed by atoms with E-state index >= 15 is 0 Å². The van der Waals surface area contributed by atoms with Crippen molar-refractivity contribution in [1.29, 1.82) is 0 Å². The number of rotatable bonds is 13. The van der Waals surface area contributed by atoms with Gasteiger partial charge in [-0.3, -0.25) is 0 Å². The van der Waals surface area contributed by atoms with E-state index in [-0.39, 0.29) is 6.10 Å². The maximum Gasteiger partial charge on any atom is 0.225 e. The highest BCUT2D eigenvalue weighted by atomic mass is 16.5. The maximum absolute atomic E-state index is 6.31. The van der Waals surface area contributed by atoms with Crippen LogP contribution < -0.4 is 15.5 Å². The summed E-state index contributed by atoms with van der Waals surface area (Å²) < 4.78 is 12.4. The Balaban J connectivity index is 1.10. The van der Waals surface area contributed by atoms with Gasteiger partial charge < -0.3 is 25.0 Å². The third kappa shape index (κ3) is 8.26. The van der Waals surface area contributed by atoms with Crippen molar-refractivity contribution >= 4 is 11.8 Å². The fourth-order valence-corrected chi connectivity index (χ4v) is 5.77. The zero-order valence-corrected chi connectivity index (χ0v) is 24.1. The van der Waals surface area contributed by atoms with Gasteiger partial charge in [0, 0.05) is 38.3 Å². The summed E-state index contributed by atoms with van der Waals surface area (Å²) in [7, 11) is 4.17. The van der Waals surface area contributed by atoms with E-state index in [0.717, 1.165) is 56.8 Å². The Kier molecular flexibility index (Phi) is 10.4. The number of benzene rings is 2. The molecule has 0 aliphatic heterocycles. The normalized spacial score (nSPS) is 19.6. The second-order valence-electron chi connectivity index (χ2n) is 11.4. The van der Waals surface area contributed by atoms with Crippen LogP contribution in [0.1, 0.15) is 60.9 Å². The lowest BCUT2D eigenvalue weighted by Gasteiger charge is -2.31. The molecule has 1 fully saturated rings. The fourth-order valence-electron chi connectivity index (χ4n) is 5.77. The van der Waals surface area contributed by atoms with Crippen molar-refractivity contribution < 1.29 is 9.47 Å². The maximum atomic E-state index is 6.31. The van der Waals surface area contributed by atoms with Gasteiger partial charge >= 0.3 is 0 Å². The molecule has 0 spiro atoms. The molecule has 2 aliphatic rings. The third-order valence-corrected chi connectivity index (χ3v) is 8.02. The highest BCUT2D eigenvalue weighted by Gasteiger charge is 2.24. The van der Waals surface area contributed by atoms with Crippen molar-refractivity contribution in [3.63, 3.8) is 0 Å².